The molecule has 3 rings (SSSR count). The highest BCUT2D eigenvalue weighted by Crippen LogP contribution is 2.27. The fourth-order valence-electron chi connectivity index (χ4n) is 2.89. The van der Waals surface area contributed by atoms with Gasteiger partial charge >= 0.3 is 0 Å². The SMILES string of the molecule is Cc1cc(C)cc(N2C[C@@H](C(=O)Nc3cc(C)on3)CC2=O)c1. The van der Waals surface area contributed by atoms with Crippen LogP contribution in [0, 0.1) is 26.7 Å². The van der Waals surface area contributed by atoms with Crippen molar-refractivity contribution in [3.05, 3.63) is 41.2 Å². The first-order valence-corrected chi connectivity index (χ1v) is 7.55. The number of benzene rings is 1. The molecule has 0 saturated carbocycles. The third kappa shape index (κ3) is 3.26. The van der Waals surface area contributed by atoms with E-state index in [-0.39, 0.29) is 24.2 Å². The Bertz CT molecular complexity index is 746. The van der Waals surface area contributed by atoms with Crippen LogP contribution in [-0.4, -0.2) is 23.5 Å². The molecule has 6 heteroatoms. The number of nitrogens with zero attached hydrogens (tertiary/aromatic N) is 2. The standard InChI is InChI=1S/C17H19N3O3/c1-10-4-11(2)6-14(5-10)20-9-13(8-16(20)21)17(22)18-15-7-12(3)23-19-15/h4-7,13H,8-9H2,1-3H3,(H,18,19,22)/t13-/m0/s1. The van der Waals surface area contributed by atoms with E-state index in [9.17, 15) is 9.59 Å². The fourth-order valence-corrected chi connectivity index (χ4v) is 2.89. The van der Waals surface area contributed by atoms with Gasteiger partial charge in [0.15, 0.2) is 5.82 Å². The molecule has 0 aliphatic carbocycles. The Kier molecular flexibility index (Phi) is 3.90. The highest BCUT2D eigenvalue weighted by atomic mass is 16.5. The molecule has 120 valence electrons. The molecule has 1 aliphatic rings. The van der Waals surface area contributed by atoms with Gasteiger partial charge in [0.25, 0.3) is 0 Å². The largest absolute Gasteiger partial charge is 0.360 e. The van der Waals surface area contributed by atoms with Crippen LogP contribution < -0.4 is 10.2 Å². The summed E-state index contributed by atoms with van der Waals surface area (Å²) < 4.78 is 4.92. The molecule has 0 spiro atoms. The molecule has 1 aliphatic heterocycles. The predicted molar refractivity (Wildman–Crippen MR) is 86.2 cm³/mol. The van der Waals surface area contributed by atoms with Crippen LogP contribution in [0.1, 0.15) is 23.3 Å². The van der Waals surface area contributed by atoms with Gasteiger partial charge in [-0.15, -0.1) is 0 Å². The van der Waals surface area contributed by atoms with Gasteiger partial charge in [0.2, 0.25) is 11.8 Å². The Morgan fingerprint density at radius 3 is 2.52 bits per heavy atom. The van der Waals surface area contributed by atoms with Crippen molar-refractivity contribution in [1.82, 2.24) is 5.16 Å². The van der Waals surface area contributed by atoms with E-state index >= 15 is 0 Å². The summed E-state index contributed by atoms with van der Waals surface area (Å²) in [6, 6.07) is 7.63. The highest BCUT2D eigenvalue weighted by molar-refractivity contribution is 6.03. The summed E-state index contributed by atoms with van der Waals surface area (Å²) >= 11 is 0. The number of nitrogens with one attached hydrogen (secondary N) is 1. The Morgan fingerprint density at radius 1 is 1.22 bits per heavy atom. The maximum Gasteiger partial charge on any atom is 0.231 e. The number of aryl methyl sites for hydroxylation is 3. The number of hydrogen-bond acceptors (Lipinski definition) is 4. The molecule has 1 fully saturated rings. The number of aromatic nitrogens is 1. The summed E-state index contributed by atoms with van der Waals surface area (Å²) in [6.07, 6.45) is 0.204. The van der Waals surface area contributed by atoms with Crippen molar-refractivity contribution < 1.29 is 14.1 Å². The maximum atomic E-state index is 12.3. The third-order valence-electron chi connectivity index (χ3n) is 3.89. The van der Waals surface area contributed by atoms with E-state index in [2.05, 4.69) is 16.5 Å². The number of hydrogen-bond donors (Lipinski definition) is 1. The second-order valence-corrected chi connectivity index (χ2v) is 6.06. The molecule has 1 saturated heterocycles. The Labute approximate surface area is 134 Å². The lowest BCUT2D eigenvalue weighted by molar-refractivity contribution is -0.122. The molecule has 6 nitrogen and oxygen atoms in total. The van der Waals surface area contributed by atoms with Crippen LogP contribution in [0.2, 0.25) is 0 Å². The molecular formula is C17H19N3O3. The van der Waals surface area contributed by atoms with E-state index in [1.807, 2.05) is 26.0 Å². The monoisotopic (exact) mass is 313 g/mol. The number of amides is 2. The van der Waals surface area contributed by atoms with Gasteiger partial charge in [-0.2, -0.15) is 0 Å². The van der Waals surface area contributed by atoms with Crippen molar-refractivity contribution in [2.24, 2.45) is 5.92 Å². The van der Waals surface area contributed by atoms with Crippen LogP contribution in [0.25, 0.3) is 0 Å². The quantitative estimate of drug-likeness (QED) is 0.945. The fraction of sp³-hybridized carbons (Fsp3) is 0.353. The predicted octanol–water partition coefficient (Wildman–Crippen LogP) is 2.59. The topological polar surface area (TPSA) is 75.4 Å². The Hall–Kier alpha value is -2.63. The van der Waals surface area contributed by atoms with Crippen LogP contribution in [0.3, 0.4) is 0 Å². The summed E-state index contributed by atoms with van der Waals surface area (Å²) in [5.41, 5.74) is 3.04. The lowest BCUT2D eigenvalue weighted by atomic mass is 10.1. The zero-order valence-electron chi connectivity index (χ0n) is 13.4. The molecule has 23 heavy (non-hydrogen) atoms. The number of carbonyl (C=O) groups excluding carboxylic acids is 2. The van der Waals surface area contributed by atoms with Gasteiger partial charge in [0, 0.05) is 24.7 Å². The minimum Gasteiger partial charge on any atom is -0.360 e. The Balaban J connectivity index is 1.72. The summed E-state index contributed by atoms with van der Waals surface area (Å²) in [4.78, 5) is 26.3. The van der Waals surface area contributed by atoms with Crippen LogP contribution in [-0.2, 0) is 9.59 Å². The first-order chi connectivity index (χ1) is 10.9. The van der Waals surface area contributed by atoms with Gasteiger partial charge in [-0.05, 0) is 44.0 Å². The number of carbonyl (C=O) groups is 2. The van der Waals surface area contributed by atoms with E-state index < -0.39 is 0 Å². The first kappa shape index (κ1) is 15.3. The van der Waals surface area contributed by atoms with E-state index in [4.69, 9.17) is 4.52 Å². The van der Waals surface area contributed by atoms with E-state index in [1.54, 1.807) is 17.9 Å². The van der Waals surface area contributed by atoms with Crippen LogP contribution >= 0.6 is 0 Å². The van der Waals surface area contributed by atoms with Gasteiger partial charge in [-0.1, -0.05) is 11.2 Å². The molecule has 1 aromatic heterocycles. The first-order valence-electron chi connectivity index (χ1n) is 7.55. The normalized spacial score (nSPS) is 17.6. The van der Waals surface area contributed by atoms with Gasteiger partial charge in [-0.25, -0.2) is 0 Å². The zero-order valence-corrected chi connectivity index (χ0v) is 13.4. The van der Waals surface area contributed by atoms with Gasteiger partial charge < -0.3 is 14.7 Å². The second kappa shape index (κ2) is 5.87. The molecular weight excluding hydrogens is 294 g/mol. The molecule has 2 aromatic rings. The molecule has 1 N–H and O–H groups in total. The van der Waals surface area contributed by atoms with Crippen molar-refractivity contribution >= 4 is 23.3 Å². The van der Waals surface area contributed by atoms with Gasteiger partial charge in [0.1, 0.15) is 5.76 Å². The third-order valence-corrected chi connectivity index (χ3v) is 3.89. The minimum absolute atomic E-state index is 0.0357. The van der Waals surface area contributed by atoms with E-state index in [1.165, 1.54) is 0 Å². The molecule has 2 amide bonds. The molecule has 0 radical (unpaired) electrons. The molecule has 0 unspecified atom stereocenters. The van der Waals surface area contributed by atoms with Crippen molar-refractivity contribution in [2.75, 3.05) is 16.8 Å². The molecule has 2 heterocycles. The lowest BCUT2D eigenvalue weighted by Crippen LogP contribution is -2.28. The zero-order chi connectivity index (χ0) is 16.6. The maximum absolute atomic E-state index is 12.3. The summed E-state index contributed by atoms with van der Waals surface area (Å²) in [6.45, 7) is 6.12. The van der Waals surface area contributed by atoms with Crippen molar-refractivity contribution in [3.63, 3.8) is 0 Å². The molecule has 1 aromatic carbocycles. The number of anilines is 2. The average Bonchev–Trinajstić information content (AvgIpc) is 3.04. The van der Waals surface area contributed by atoms with Crippen LogP contribution in [0.15, 0.2) is 28.8 Å². The second-order valence-electron chi connectivity index (χ2n) is 6.06. The van der Waals surface area contributed by atoms with Crippen molar-refractivity contribution in [1.29, 1.82) is 0 Å². The molecule has 0 bridgehead atoms. The van der Waals surface area contributed by atoms with Crippen molar-refractivity contribution in [3.8, 4) is 0 Å². The highest BCUT2D eigenvalue weighted by Gasteiger charge is 2.35. The number of rotatable bonds is 3. The lowest BCUT2D eigenvalue weighted by Gasteiger charge is -2.18. The summed E-state index contributed by atoms with van der Waals surface area (Å²) in [5.74, 6) is 0.370. The van der Waals surface area contributed by atoms with Gasteiger partial charge in [0.05, 0.1) is 5.92 Å². The van der Waals surface area contributed by atoms with Crippen molar-refractivity contribution in [2.45, 2.75) is 27.2 Å². The van der Waals surface area contributed by atoms with E-state index in [0.717, 1.165) is 16.8 Å². The average molecular weight is 313 g/mol. The van der Waals surface area contributed by atoms with Crippen LogP contribution in [0.4, 0.5) is 11.5 Å². The minimum atomic E-state index is -0.389. The molecule has 1 atom stereocenters. The Morgan fingerprint density at radius 2 is 1.91 bits per heavy atom. The smallest absolute Gasteiger partial charge is 0.231 e. The van der Waals surface area contributed by atoms with E-state index in [0.29, 0.717) is 18.1 Å². The van der Waals surface area contributed by atoms with Gasteiger partial charge in [-0.3, -0.25) is 9.59 Å². The summed E-state index contributed by atoms with van der Waals surface area (Å²) in [5, 5.41) is 6.44. The van der Waals surface area contributed by atoms with Crippen LogP contribution in [0.5, 0.6) is 0 Å². The summed E-state index contributed by atoms with van der Waals surface area (Å²) in [7, 11) is 0.